The molecule has 1 heterocycles. The van der Waals surface area contributed by atoms with Crippen molar-refractivity contribution in [2.45, 2.75) is 17.9 Å². The van der Waals surface area contributed by atoms with Gasteiger partial charge >= 0.3 is 0 Å². The van der Waals surface area contributed by atoms with Crippen LogP contribution in [-0.4, -0.2) is 68.7 Å². The molecule has 0 bridgehead atoms. The van der Waals surface area contributed by atoms with Crippen LogP contribution >= 0.6 is 11.8 Å². The predicted molar refractivity (Wildman–Crippen MR) is 72.1 cm³/mol. The second-order valence-electron chi connectivity index (χ2n) is 4.24. The summed E-state index contributed by atoms with van der Waals surface area (Å²) in [5.41, 5.74) is 5.46. The van der Waals surface area contributed by atoms with Crippen molar-refractivity contribution in [3.8, 4) is 0 Å². The van der Waals surface area contributed by atoms with Crippen molar-refractivity contribution in [3.63, 3.8) is 0 Å². The van der Waals surface area contributed by atoms with E-state index >= 15 is 0 Å². The molecule has 0 aromatic carbocycles. The van der Waals surface area contributed by atoms with Crippen LogP contribution in [0.25, 0.3) is 0 Å². The third kappa shape index (κ3) is 4.11. The molecule has 18 heavy (non-hydrogen) atoms. The number of ether oxygens (including phenoxy) is 1. The van der Waals surface area contributed by atoms with Gasteiger partial charge in [0.15, 0.2) is 9.84 Å². The van der Waals surface area contributed by atoms with Crippen molar-refractivity contribution in [2.24, 2.45) is 5.73 Å². The van der Waals surface area contributed by atoms with E-state index in [0.29, 0.717) is 12.3 Å². The summed E-state index contributed by atoms with van der Waals surface area (Å²) in [6, 6.07) is 0. The van der Waals surface area contributed by atoms with E-state index in [9.17, 15) is 13.2 Å². The number of nitrogens with two attached hydrogens (primary N) is 1. The van der Waals surface area contributed by atoms with E-state index in [0.717, 1.165) is 5.75 Å². The number of nitrogens with zero attached hydrogens (tertiary/aromatic N) is 1. The van der Waals surface area contributed by atoms with E-state index in [1.54, 1.807) is 11.8 Å². The van der Waals surface area contributed by atoms with Crippen LogP contribution in [0.5, 0.6) is 0 Å². The monoisotopic (exact) mass is 296 g/mol. The van der Waals surface area contributed by atoms with E-state index < -0.39 is 15.2 Å². The highest BCUT2D eigenvalue weighted by molar-refractivity contribution is 8.00. The van der Waals surface area contributed by atoms with Gasteiger partial charge in [0.25, 0.3) is 0 Å². The molecule has 1 saturated heterocycles. The minimum absolute atomic E-state index is 0.129. The van der Waals surface area contributed by atoms with Gasteiger partial charge < -0.3 is 15.4 Å². The first-order chi connectivity index (χ1) is 8.40. The molecule has 1 aliphatic rings. The van der Waals surface area contributed by atoms with Gasteiger partial charge in [0, 0.05) is 38.0 Å². The normalized spacial score (nSPS) is 22.8. The molecule has 2 N–H and O–H groups in total. The number of sulfone groups is 1. The predicted octanol–water partition coefficient (Wildman–Crippen LogP) is -0.704. The highest BCUT2D eigenvalue weighted by Crippen LogP contribution is 2.21. The van der Waals surface area contributed by atoms with Crippen molar-refractivity contribution in [3.05, 3.63) is 0 Å². The summed E-state index contributed by atoms with van der Waals surface area (Å²) < 4.78 is 28.4. The van der Waals surface area contributed by atoms with Gasteiger partial charge in [-0.2, -0.15) is 11.8 Å². The van der Waals surface area contributed by atoms with Gasteiger partial charge in [0.1, 0.15) is 5.37 Å². The van der Waals surface area contributed by atoms with Crippen LogP contribution in [0.15, 0.2) is 0 Å². The van der Waals surface area contributed by atoms with Crippen LogP contribution in [0.1, 0.15) is 6.42 Å². The quantitative estimate of drug-likeness (QED) is 0.721. The van der Waals surface area contributed by atoms with Gasteiger partial charge in [-0.15, -0.1) is 0 Å². The number of amides is 1. The Morgan fingerprint density at radius 1 is 1.61 bits per heavy atom. The highest BCUT2D eigenvalue weighted by atomic mass is 32.2. The Hall–Kier alpha value is -0.310. The van der Waals surface area contributed by atoms with Gasteiger partial charge in [-0.05, 0) is 0 Å². The lowest BCUT2D eigenvalue weighted by Gasteiger charge is -2.34. The van der Waals surface area contributed by atoms with E-state index in [-0.39, 0.29) is 25.0 Å². The Labute approximate surface area is 112 Å². The van der Waals surface area contributed by atoms with Crippen LogP contribution in [0, 0.1) is 0 Å². The Kier molecular flexibility index (Phi) is 5.90. The molecule has 0 saturated carbocycles. The third-order valence-electron chi connectivity index (χ3n) is 2.90. The number of rotatable bonds is 5. The smallest absolute Gasteiger partial charge is 0.226 e. The molecule has 0 spiro atoms. The second-order valence-corrected chi connectivity index (χ2v) is 7.60. The molecule has 8 heteroatoms. The summed E-state index contributed by atoms with van der Waals surface area (Å²) in [5, 5.41) is -0.723. The first-order valence-corrected chi connectivity index (χ1v) is 8.80. The fourth-order valence-corrected chi connectivity index (χ4v) is 4.63. The molecule has 1 amide bonds. The molecule has 1 aliphatic heterocycles. The van der Waals surface area contributed by atoms with Crippen LogP contribution in [-0.2, 0) is 19.4 Å². The van der Waals surface area contributed by atoms with Gasteiger partial charge in [0.2, 0.25) is 5.91 Å². The summed E-state index contributed by atoms with van der Waals surface area (Å²) in [6.45, 7) is 0.705. The Morgan fingerprint density at radius 3 is 2.78 bits per heavy atom. The number of hydrogen-bond donors (Lipinski definition) is 1. The fraction of sp³-hybridized carbons (Fsp3) is 0.900. The minimum atomic E-state index is -3.26. The zero-order chi connectivity index (χ0) is 13.8. The number of thioether (sulfide) groups is 1. The molecule has 106 valence electrons. The molecule has 0 aromatic rings. The van der Waals surface area contributed by atoms with Crippen LogP contribution in [0.3, 0.4) is 0 Å². The molecule has 0 aliphatic carbocycles. The summed E-state index contributed by atoms with van der Waals surface area (Å²) >= 11 is 1.55. The van der Waals surface area contributed by atoms with Crippen molar-refractivity contribution in [1.29, 1.82) is 0 Å². The van der Waals surface area contributed by atoms with Crippen molar-refractivity contribution < 1.29 is 17.9 Å². The zero-order valence-corrected chi connectivity index (χ0v) is 12.3. The SMILES string of the molecule is COC(CN)CC(=O)N1CCSCC1S(C)(=O)=O. The lowest BCUT2D eigenvalue weighted by atomic mass is 10.2. The zero-order valence-electron chi connectivity index (χ0n) is 10.7. The topological polar surface area (TPSA) is 89.7 Å². The number of carbonyl (C=O) groups is 1. The molecular weight excluding hydrogens is 276 g/mol. The largest absolute Gasteiger partial charge is 0.380 e. The van der Waals surface area contributed by atoms with Crippen LogP contribution in [0.4, 0.5) is 0 Å². The molecule has 2 unspecified atom stereocenters. The van der Waals surface area contributed by atoms with Crippen molar-refractivity contribution >= 4 is 27.5 Å². The molecule has 0 aromatic heterocycles. The average Bonchev–Trinajstić information content (AvgIpc) is 2.34. The fourth-order valence-electron chi connectivity index (χ4n) is 1.80. The maximum atomic E-state index is 12.1. The van der Waals surface area contributed by atoms with Crippen molar-refractivity contribution in [1.82, 2.24) is 4.90 Å². The summed E-state index contributed by atoms with van der Waals surface area (Å²) in [4.78, 5) is 13.5. The van der Waals surface area contributed by atoms with E-state index in [1.807, 2.05) is 0 Å². The van der Waals surface area contributed by atoms with E-state index in [4.69, 9.17) is 10.5 Å². The van der Waals surface area contributed by atoms with Crippen LogP contribution in [0.2, 0.25) is 0 Å². The Balaban J connectivity index is 2.75. The van der Waals surface area contributed by atoms with E-state index in [2.05, 4.69) is 0 Å². The Morgan fingerprint density at radius 2 is 2.28 bits per heavy atom. The molecular formula is C10H20N2O4S2. The standard InChI is InChI=1S/C10H20N2O4S2/c1-16-8(6-11)5-9(13)12-3-4-17-7-10(12)18(2,14)15/h8,10H,3-7,11H2,1-2H3. The minimum Gasteiger partial charge on any atom is -0.380 e. The Bertz CT molecular complexity index is 381. The maximum absolute atomic E-state index is 12.1. The third-order valence-corrected chi connectivity index (χ3v) is 5.54. The number of methoxy groups -OCH3 is 1. The molecule has 2 atom stereocenters. The van der Waals surface area contributed by atoms with Gasteiger partial charge in [-0.3, -0.25) is 4.79 Å². The van der Waals surface area contributed by atoms with Gasteiger partial charge in [0.05, 0.1) is 12.5 Å². The van der Waals surface area contributed by atoms with Gasteiger partial charge in [-0.1, -0.05) is 0 Å². The lowest BCUT2D eigenvalue weighted by molar-refractivity contribution is -0.134. The molecule has 6 nitrogen and oxygen atoms in total. The van der Waals surface area contributed by atoms with Crippen LogP contribution < -0.4 is 5.73 Å². The molecule has 1 rings (SSSR count). The highest BCUT2D eigenvalue weighted by Gasteiger charge is 2.34. The second kappa shape index (κ2) is 6.74. The first kappa shape index (κ1) is 15.7. The summed E-state index contributed by atoms with van der Waals surface area (Å²) in [7, 11) is -1.77. The average molecular weight is 296 g/mol. The lowest BCUT2D eigenvalue weighted by Crippen LogP contribution is -2.50. The maximum Gasteiger partial charge on any atom is 0.226 e. The molecule has 0 radical (unpaired) electrons. The summed E-state index contributed by atoms with van der Waals surface area (Å²) in [5.74, 6) is 0.992. The molecule has 1 fully saturated rings. The van der Waals surface area contributed by atoms with E-state index in [1.165, 1.54) is 18.3 Å². The van der Waals surface area contributed by atoms with Gasteiger partial charge in [-0.25, -0.2) is 8.42 Å². The summed E-state index contributed by atoms with van der Waals surface area (Å²) in [6.07, 6.45) is 0.942. The first-order valence-electron chi connectivity index (χ1n) is 5.69. The number of hydrogen-bond acceptors (Lipinski definition) is 6. The number of carbonyl (C=O) groups excluding carboxylic acids is 1. The van der Waals surface area contributed by atoms with Crippen molar-refractivity contribution in [2.75, 3.05) is 38.0 Å².